The van der Waals surface area contributed by atoms with Gasteiger partial charge in [-0.1, -0.05) is 37.3 Å². The van der Waals surface area contributed by atoms with E-state index >= 15 is 0 Å². The lowest BCUT2D eigenvalue weighted by molar-refractivity contribution is 0.0600. The van der Waals surface area contributed by atoms with Crippen molar-refractivity contribution in [1.82, 2.24) is 19.7 Å². The minimum atomic E-state index is -0.430. The molecule has 0 bridgehead atoms. The fourth-order valence-corrected chi connectivity index (χ4v) is 5.56. The van der Waals surface area contributed by atoms with Crippen LogP contribution < -0.4 is 14.2 Å². The van der Waals surface area contributed by atoms with Gasteiger partial charge in [0.25, 0.3) is 0 Å². The molecule has 6 rings (SSSR count). The van der Waals surface area contributed by atoms with Crippen molar-refractivity contribution in [3.8, 4) is 34.5 Å². The van der Waals surface area contributed by atoms with Crippen LogP contribution in [-0.4, -0.2) is 39.9 Å². The second-order valence-corrected chi connectivity index (χ2v) is 11.6. The molecule has 244 valence electrons. The van der Waals surface area contributed by atoms with E-state index in [0.717, 1.165) is 33.9 Å². The van der Waals surface area contributed by atoms with Crippen molar-refractivity contribution in [1.29, 1.82) is 0 Å². The Morgan fingerprint density at radius 2 is 1.79 bits per heavy atom. The van der Waals surface area contributed by atoms with Gasteiger partial charge in [0.05, 0.1) is 41.7 Å². The van der Waals surface area contributed by atoms with E-state index in [-0.39, 0.29) is 13.2 Å². The molecule has 0 aliphatic heterocycles. The predicted molar refractivity (Wildman–Crippen MR) is 184 cm³/mol. The van der Waals surface area contributed by atoms with Crippen LogP contribution in [0.3, 0.4) is 0 Å². The van der Waals surface area contributed by atoms with Crippen LogP contribution in [0.2, 0.25) is 0 Å². The number of oxazole rings is 1. The third kappa shape index (κ3) is 7.48. The molecule has 0 unspecified atom stereocenters. The van der Waals surface area contributed by atoms with Gasteiger partial charge >= 0.3 is 5.97 Å². The van der Waals surface area contributed by atoms with Crippen LogP contribution in [0.1, 0.15) is 50.6 Å². The maximum absolute atomic E-state index is 12.0. The minimum Gasteiger partial charge on any atom is -0.493 e. The molecule has 0 spiro atoms. The SMILES string of the molecule is CCc1nc(/C=C\c2cn(-c3ccccc3)nc2OCc2ccc(OCc3nc(-c4cccc(C(=O)OC)c4)oc3C)c(OC)c2)cs1. The zero-order valence-corrected chi connectivity index (χ0v) is 27.8. The number of carbonyl (C=O) groups is 1. The molecule has 3 aromatic carbocycles. The van der Waals surface area contributed by atoms with Crippen LogP contribution in [0.25, 0.3) is 29.3 Å². The van der Waals surface area contributed by atoms with Crippen molar-refractivity contribution in [2.75, 3.05) is 14.2 Å². The summed E-state index contributed by atoms with van der Waals surface area (Å²) in [6.07, 6.45) is 6.80. The molecule has 0 saturated carbocycles. The highest BCUT2D eigenvalue weighted by molar-refractivity contribution is 7.09. The number of methoxy groups -OCH3 is 2. The van der Waals surface area contributed by atoms with Crippen molar-refractivity contribution in [2.45, 2.75) is 33.5 Å². The average molecular weight is 663 g/mol. The number of ether oxygens (including phenoxy) is 4. The number of aromatic nitrogens is 4. The average Bonchev–Trinajstić information content (AvgIpc) is 3.87. The minimum absolute atomic E-state index is 0.156. The van der Waals surface area contributed by atoms with Crippen molar-refractivity contribution in [3.05, 3.63) is 123 Å². The molecule has 0 aliphatic rings. The normalized spacial score (nSPS) is 11.2. The van der Waals surface area contributed by atoms with E-state index in [4.69, 9.17) is 28.5 Å². The second kappa shape index (κ2) is 14.8. The van der Waals surface area contributed by atoms with Crippen LogP contribution in [-0.2, 0) is 24.4 Å². The first kappa shape index (κ1) is 32.3. The van der Waals surface area contributed by atoms with E-state index in [1.165, 1.54) is 7.11 Å². The first-order valence-electron chi connectivity index (χ1n) is 15.3. The number of nitrogens with zero attached hydrogens (tertiary/aromatic N) is 4. The number of hydrogen-bond donors (Lipinski definition) is 0. The Bertz CT molecular complexity index is 2050. The molecule has 6 aromatic rings. The van der Waals surface area contributed by atoms with Gasteiger partial charge in [-0.15, -0.1) is 16.4 Å². The maximum atomic E-state index is 12.0. The van der Waals surface area contributed by atoms with Gasteiger partial charge in [-0.2, -0.15) is 0 Å². The van der Waals surface area contributed by atoms with E-state index in [1.54, 1.807) is 41.3 Å². The topological polar surface area (TPSA) is 111 Å². The molecule has 0 aliphatic carbocycles. The zero-order chi connectivity index (χ0) is 33.5. The van der Waals surface area contributed by atoms with Gasteiger partial charge in [0.2, 0.25) is 11.8 Å². The first-order chi connectivity index (χ1) is 23.4. The molecule has 0 saturated heterocycles. The van der Waals surface area contributed by atoms with Crippen LogP contribution in [0, 0.1) is 6.92 Å². The predicted octanol–water partition coefficient (Wildman–Crippen LogP) is 7.98. The standard InChI is InChI=1S/C37H34N4O6S/c1-5-34-38-29(23-48-34)16-15-28-20-41(30-12-7-6-8-13-30)40-36(28)46-21-25-14-17-32(33(18-25)43-3)45-22-31-24(2)47-35(39-31)26-10-9-11-27(19-26)37(42)44-4/h6-20,23H,5,21-22H2,1-4H3/b16-15-. The first-order valence-corrected chi connectivity index (χ1v) is 16.2. The lowest BCUT2D eigenvalue weighted by Gasteiger charge is -2.12. The molecular formula is C37H34N4O6S. The number of benzene rings is 3. The van der Waals surface area contributed by atoms with E-state index in [9.17, 15) is 4.79 Å². The lowest BCUT2D eigenvalue weighted by Crippen LogP contribution is -2.02. The smallest absolute Gasteiger partial charge is 0.337 e. The molecule has 48 heavy (non-hydrogen) atoms. The lowest BCUT2D eigenvalue weighted by atomic mass is 10.1. The van der Waals surface area contributed by atoms with Crippen molar-refractivity contribution in [3.63, 3.8) is 0 Å². The molecule has 0 radical (unpaired) electrons. The number of rotatable bonds is 13. The van der Waals surface area contributed by atoms with Gasteiger partial charge in [0, 0.05) is 17.1 Å². The molecule has 0 N–H and O–H groups in total. The van der Waals surface area contributed by atoms with Crippen molar-refractivity contribution in [2.24, 2.45) is 0 Å². The van der Waals surface area contributed by atoms with Crippen LogP contribution in [0.4, 0.5) is 0 Å². The van der Waals surface area contributed by atoms with Crippen molar-refractivity contribution < 1.29 is 28.2 Å². The third-order valence-electron chi connectivity index (χ3n) is 7.42. The maximum Gasteiger partial charge on any atom is 0.337 e. The van der Waals surface area contributed by atoms with Gasteiger partial charge in [-0.25, -0.2) is 19.4 Å². The Hall–Kier alpha value is -5.68. The Morgan fingerprint density at radius 1 is 0.938 bits per heavy atom. The number of carbonyl (C=O) groups excluding carboxylic acids is 1. The van der Waals surface area contributed by atoms with E-state index < -0.39 is 5.97 Å². The van der Waals surface area contributed by atoms with Crippen LogP contribution >= 0.6 is 11.3 Å². The van der Waals surface area contributed by atoms with Gasteiger partial charge < -0.3 is 23.4 Å². The molecule has 0 atom stereocenters. The highest BCUT2D eigenvalue weighted by Crippen LogP contribution is 2.31. The van der Waals surface area contributed by atoms with Crippen LogP contribution in [0.15, 0.2) is 88.8 Å². The fraction of sp³-hybridized carbons (Fsp3) is 0.189. The number of thiazole rings is 1. The molecule has 11 heteroatoms. The summed E-state index contributed by atoms with van der Waals surface area (Å²) in [5.74, 6) is 2.16. The van der Waals surface area contributed by atoms with Gasteiger partial charge in [0.15, 0.2) is 11.5 Å². The highest BCUT2D eigenvalue weighted by atomic mass is 32.1. The number of aryl methyl sites for hydroxylation is 2. The quantitative estimate of drug-likeness (QED) is 0.114. The summed E-state index contributed by atoms with van der Waals surface area (Å²) in [7, 11) is 2.93. The van der Waals surface area contributed by atoms with E-state index in [2.05, 4.69) is 16.9 Å². The molecule has 0 amide bonds. The van der Waals surface area contributed by atoms with Crippen LogP contribution in [0.5, 0.6) is 17.4 Å². The highest BCUT2D eigenvalue weighted by Gasteiger charge is 2.16. The molecular weight excluding hydrogens is 628 g/mol. The number of esters is 1. The molecule has 3 aromatic heterocycles. The van der Waals surface area contributed by atoms with E-state index in [0.29, 0.717) is 45.9 Å². The summed E-state index contributed by atoms with van der Waals surface area (Å²) in [6.45, 7) is 4.33. The summed E-state index contributed by atoms with van der Waals surface area (Å²) in [4.78, 5) is 21.2. The summed E-state index contributed by atoms with van der Waals surface area (Å²) in [5.41, 5.74) is 5.24. The Balaban J connectivity index is 1.15. The largest absolute Gasteiger partial charge is 0.493 e. The Labute approximate surface area is 282 Å². The molecule has 3 heterocycles. The summed E-state index contributed by atoms with van der Waals surface area (Å²) < 4.78 is 30.5. The summed E-state index contributed by atoms with van der Waals surface area (Å²) >= 11 is 1.65. The molecule has 0 fully saturated rings. The molecule has 10 nitrogen and oxygen atoms in total. The second-order valence-electron chi connectivity index (χ2n) is 10.7. The fourth-order valence-electron chi connectivity index (χ4n) is 4.85. The van der Waals surface area contributed by atoms with Gasteiger partial charge in [0.1, 0.15) is 24.7 Å². The Kier molecular flexibility index (Phi) is 9.96. The zero-order valence-electron chi connectivity index (χ0n) is 27.0. The van der Waals surface area contributed by atoms with E-state index in [1.807, 2.05) is 85.2 Å². The van der Waals surface area contributed by atoms with Crippen molar-refractivity contribution >= 4 is 29.5 Å². The van der Waals surface area contributed by atoms with Gasteiger partial charge in [-0.3, -0.25) is 0 Å². The summed E-state index contributed by atoms with van der Waals surface area (Å²) in [5, 5.41) is 7.87. The monoisotopic (exact) mass is 662 g/mol. The Morgan fingerprint density at radius 3 is 2.56 bits per heavy atom. The number of para-hydroxylation sites is 1. The summed E-state index contributed by atoms with van der Waals surface area (Å²) in [6, 6.07) is 22.5. The third-order valence-corrected chi connectivity index (χ3v) is 8.44. The van der Waals surface area contributed by atoms with Gasteiger partial charge in [-0.05, 0) is 73.5 Å². The number of hydrogen-bond acceptors (Lipinski definition) is 10.